The standard InChI is InChI=1S/C28H26N8O2S/c1-34(2)39(37,38)33-23-10-6-9-21(13-23)26-15-24(27-28(29)30-18-31-36(26)27)20-11-12-22-17-35(32-25(22)14-20)16-19-7-4-3-5-8-19/h3-15,17-18,33H,16H2,1-2H3,(H2,29,30,31). The van der Waals surface area contributed by atoms with Crippen molar-refractivity contribution >= 4 is 38.1 Å². The highest BCUT2D eigenvalue weighted by Crippen LogP contribution is 2.36. The highest BCUT2D eigenvalue weighted by atomic mass is 32.2. The van der Waals surface area contributed by atoms with E-state index in [4.69, 9.17) is 10.8 Å². The zero-order valence-electron chi connectivity index (χ0n) is 21.4. The van der Waals surface area contributed by atoms with Crippen molar-refractivity contribution in [2.24, 2.45) is 0 Å². The third-order valence-corrected chi connectivity index (χ3v) is 7.98. The summed E-state index contributed by atoms with van der Waals surface area (Å²) in [5.41, 5.74) is 12.8. The topological polar surface area (TPSA) is 123 Å². The Kier molecular flexibility index (Phi) is 6.01. The largest absolute Gasteiger partial charge is 0.382 e. The quantitative estimate of drug-likeness (QED) is 0.313. The molecule has 0 aliphatic heterocycles. The first-order chi connectivity index (χ1) is 18.8. The minimum atomic E-state index is -3.65. The molecule has 39 heavy (non-hydrogen) atoms. The maximum Gasteiger partial charge on any atom is 0.301 e. The Bertz CT molecular complexity index is 1930. The van der Waals surface area contributed by atoms with Crippen LogP contribution in [-0.4, -0.2) is 51.2 Å². The van der Waals surface area contributed by atoms with E-state index in [0.29, 0.717) is 23.6 Å². The first-order valence-electron chi connectivity index (χ1n) is 12.2. The molecular formula is C28H26N8O2S. The Morgan fingerprint density at radius 2 is 1.77 bits per heavy atom. The van der Waals surface area contributed by atoms with Crippen LogP contribution in [0, 0.1) is 0 Å². The number of nitrogens with one attached hydrogen (secondary N) is 1. The second-order valence-electron chi connectivity index (χ2n) is 9.41. The van der Waals surface area contributed by atoms with Crippen molar-refractivity contribution in [1.29, 1.82) is 0 Å². The summed E-state index contributed by atoms with van der Waals surface area (Å²) in [4.78, 5) is 4.23. The smallest absolute Gasteiger partial charge is 0.301 e. The molecule has 3 aromatic heterocycles. The monoisotopic (exact) mass is 538 g/mol. The number of benzene rings is 3. The van der Waals surface area contributed by atoms with E-state index < -0.39 is 10.2 Å². The normalized spacial score (nSPS) is 12.0. The van der Waals surface area contributed by atoms with Gasteiger partial charge >= 0.3 is 10.2 Å². The highest BCUT2D eigenvalue weighted by Gasteiger charge is 2.19. The summed E-state index contributed by atoms with van der Waals surface area (Å²) < 4.78 is 32.1. The lowest BCUT2D eigenvalue weighted by atomic mass is 10.0. The number of nitrogens with two attached hydrogens (primary N) is 1. The fraction of sp³-hybridized carbons (Fsp3) is 0.107. The van der Waals surface area contributed by atoms with E-state index in [1.54, 1.807) is 22.7 Å². The van der Waals surface area contributed by atoms with Crippen LogP contribution in [0.1, 0.15) is 5.56 Å². The van der Waals surface area contributed by atoms with E-state index in [9.17, 15) is 8.42 Å². The Labute approximate surface area is 225 Å². The molecule has 3 N–H and O–H groups in total. The molecule has 6 aromatic rings. The Morgan fingerprint density at radius 1 is 0.949 bits per heavy atom. The van der Waals surface area contributed by atoms with E-state index in [-0.39, 0.29) is 0 Å². The maximum atomic E-state index is 12.4. The minimum Gasteiger partial charge on any atom is -0.382 e. The number of rotatable bonds is 7. The minimum absolute atomic E-state index is 0.338. The molecule has 0 atom stereocenters. The Hall–Kier alpha value is -4.74. The van der Waals surface area contributed by atoms with Gasteiger partial charge in [-0.2, -0.15) is 22.9 Å². The van der Waals surface area contributed by atoms with Crippen LogP contribution in [0.2, 0.25) is 0 Å². The van der Waals surface area contributed by atoms with Gasteiger partial charge in [0.2, 0.25) is 0 Å². The summed E-state index contributed by atoms with van der Waals surface area (Å²) in [6.07, 6.45) is 3.44. The van der Waals surface area contributed by atoms with Crippen LogP contribution in [-0.2, 0) is 16.8 Å². The third kappa shape index (κ3) is 4.69. The lowest BCUT2D eigenvalue weighted by Gasteiger charge is -2.14. The lowest BCUT2D eigenvalue weighted by Crippen LogP contribution is -2.28. The molecule has 0 saturated carbocycles. The molecule has 6 rings (SSSR count). The predicted octanol–water partition coefficient (Wildman–Crippen LogP) is 4.26. The van der Waals surface area contributed by atoms with Crippen molar-refractivity contribution < 1.29 is 8.42 Å². The zero-order chi connectivity index (χ0) is 27.1. The van der Waals surface area contributed by atoms with Crippen molar-refractivity contribution in [2.75, 3.05) is 24.6 Å². The van der Waals surface area contributed by atoms with Crippen LogP contribution in [0.3, 0.4) is 0 Å². The van der Waals surface area contributed by atoms with Gasteiger partial charge in [-0.3, -0.25) is 9.40 Å². The molecule has 0 saturated heterocycles. The molecule has 0 bridgehead atoms. The molecule has 3 heterocycles. The van der Waals surface area contributed by atoms with Gasteiger partial charge in [0.05, 0.1) is 23.4 Å². The van der Waals surface area contributed by atoms with Crippen molar-refractivity contribution in [3.63, 3.8) is 0 Å². The molecule has 0 fully saturated rings. The van der Waals surface area contributed by atoms with Gasteiger partial charge in [0, 0.05) is 36.8 Å². The molecule has 11 heteroatoms. The van der Waals surface area contributed by atoms with Crippen molar-refractivity contribution in [3.8, 4) is 22.4 Å². The van der Waals surface area contributed by atoms with Crippen molar-refractivity contribution in [1.82, 2.24) is 28.7 Å². The Morgan fingerprint density at radius 3 is 2.56 bits per heavy atom. The molecule has 0 unspecified atom stereocenters. The van der Waals surface area contributed by atoms with Gasteiger partial charge in [-0.15, -0.1) is 0 Å². The van der Waals surface area contributed by atoms with Crippen LogP contribution >= 0.6 is 0 Å². The number of fused-ring (bicyclic) bond motifs is 2. The summed E-state index contributed by atoms with van der Waals surface area (Å²) >= 11 is 0. The zero-order valence-corrected chi connectivity index (χ0v) is 22.2. The van der Waals surface area contributed by atoms with E-state index in [2.05, 4.69) is 26.9 Å². The van der Waals surface area contributed by atoms with Gasteiger partial charge in [-0.05, 0) is 35.4 Å². The molecule has 196 valence electrons. The molecule has 0 aliphatic carbocycles. The molecule has 0 radical (unpaired) electrons. The van der Waals surface area contributed by atoms with E-state index in [1.807, 2.05) is 59.4 Å². The van der Waals surface area contributed by atoms with E-state index >= 15 is 0 Å². The molecule has 10 nitrogen and oxygen atoms in total. The summed E-state index contributed by atoms with van der Waals surface area (Å²) in [6, 6.07) is 25.4. The molecule has 0 aliphatic rings. The second-order valence-corrected chi connectivity index (χ2v) is 11.3. The van der Waals surface area contributed by atoms with Crippen molar-refractivity contribution in [2.45, 2.75) is 6.54 Å². The second kappa shape index (κ2) is 9.53. The summed E-state index contributed by atoms with van der Waals surface area (Å²) in [6.45, 7) is 0.679. The van der Waals surface area contributed by atoms with Crippen LogP contribution < -0.4 is 10.5 Å². The number of anilines is 2. The fourth-order valence-corrected chi connectivity index (χ4v) is 5.17. The van der Waals surface area contributed by atoms with Crippen LogP contribution in [0.25, 0.3) is 38.8 Å². The lowest BCUT2D eigenvalue weighted by molar-refractivity contribution is 0.527. The number of nitrogens with zero attached hydrogens (tertiary/aromatic N) is 6. The Balaban J connectivity index is 1.43. The average Bonchev–Trinajstić information content (AvgIpc) is 3.50. The average molecular weight is 539 g/mol. The number of nitrogen functional groups attached to an aromatic ring is 1. The van der Waals surface area contributed by atoms with Crippen molar-refractivity contribution in [3.05, 3.63) is 97.0 Å². The summed E-state index contributed by atoms with van der Waals surface area (Å²) in [5, 5.41) is 10.3. The highest BCUT2D eigenvalue weighted by molar-refractivity contribution is 7.90. The number of hydrogen-bond acceptors (Lipinski definition) is 6. The van der Waals surface area contributed by atoms with Gasteiger partial charge in [0.1, 0.15) is 11.8 Å². The van der Waals surface area contributed by atoms with Crippen LogP contribution in [0.15, 0.2) is 91.4 Å². The number of aromatic nitrogens is 5. The van der Waals surface area contributed by atoms with E-state index in [1.165, 1.54) is 26.0 Å². The van der Waals surface area contributed by atoms with E-state index in [0.717, 1.165) is 37.6 Å². The van der Waals surface area contributed by atoms with Gasteiger partial charge in [0.15, 0.2) is 5.82 Å². The van der Waals surface area contributed by atoms with Crippen LogP contribution in [0.5, 0.6) is 0 Å². The van der Waals surface area contributed by atoms with Gasteiger partial charge < -0.3 is 5.73 Å². The molecular weight excluding hydrogens is 512 g/mol. The van der Waals surface area contributed by atoms with Gasteiger partial charge in [-0.25, -0.2) is 9.50 Å². The van der Waals surface area contributed by atoms with Gasteiger partial charge in [-0.1, -0.05) is 54.6 Å². The first kappa shape index (κ1) is 24.6. The first-order valence-corrected chi connectivity index (χ1v) is 13.7. The fourth-order valence-electron chi connectivity index (χ4n) is 4.56. The molecule has 0 spiro atoms. The number of hydrogen-bond donors (Lipinski definition) is 2. The van der Waals surface area contributed by atoms with Gasteiger partial charge in [0.25, 0.3) is 0 Å². The molecule has 0 amide bonds. The van der Waals surface area contributed by atoms with Crippen LogP contribution in [0.4, 0.5) is 11.5 Å². The SMILES string of the molecule is CN(C)S(=O)(=O)Nc1cccc(-c2cc(-c3ccc4cn(Cc5ccccc5)nc4c3)c3c(N)ncnn23)c1. The predicted molar refractivity (Wildman–Crippen MR) is 153 cm³/mol. The third-order valence-electron chi connectivity index (χ3n) is 6.52. The summed E-state index contributed by atoms with van der Waals surface area (Å²) in [7, 11) is -0.709. The maximum absolute atomic E-state index is 12.4. The molecule has 3 aromatic carbocycles. The summed E-state index contributed by atoms with van der Waals surface area (Å²) in [5.74, 6) is 0.338.